The molecule has 9 heteroatoms. The first-order valence-electron chi connectivity index (χ1n) is 13.8. The second kappa shape index (κ2) is 17.4. The van der Waals surface area contributed by atoms with Gasteiger partial charge in [0.15, 0.2) is 0 Å². The lowest BCUT2D eigenvalue weighted by atomic mass is 9.90. The summed E-state index contributed by atoms with van der Waals surface area (Å²) in [5.74, 6) is -2.15. The average molecular weight is 528 g/mol. The quantitative estimate of drug-likeness (QED) is 0.261. The van der Waals surface area contributed by atoms with E-state index in [0.29, 0.717) is 6.42 Å². The molecular weight excluding hydrogens is 474 g/mol. The molecule has 0 fully saturated rings. The van der Waals surface area contributed by atoms with Crippen LogP contribution in [0.2, 0.25) is 0 Å². The molecule has 5 atom stereocenters. The molecule has 0 saturated carbocycles. The van der Waals surface area contributed by atoms with Gasteiger partial charge in [-0.05, 0) is 24.2 Å². The van der Waals surface area contributed by atoms with Crippen LogP contribution in [0.15, 0.2) is 0 Å². The molecule has 0 bridgehead atoms. The summed E-state index contributed by atoms with van der Waals surface area (Å²) in [6.07, 6.45) is 4.11. The molecule has 0 aromatic carbocycles. The molecule has 0 rings (SSSR count). The van der Waals surface area contributed by atoms with Gasteiger partial charge in [0.1, 0.15) is 12.1 Å². The minimum absolute atomic E-state index is 0.0263. The molecule has 216 valence electrons. The van der Waals surface area contributed by atoms with Crippen LogP contribution in [0.5, 0.6) is 0 Å². The van der Waals surface area contributed by atoms with Crippen LogP contribution in [-0.2, 0) is 23.9 Å². The van der Waals surface area contributed by atoms with E-state index in [0.717, 1.165) is 32.1 Å². The SMILES string of the molecule is CCCCCCC(=O)N(C)[C@H](C(=O)N[C@H](C(=O)N(C)[C@@H]([C@@H](C)CC)[C@@H](CC(=O)O)OC)C(C)C)C(C)C. The molecular formula is C28H53N3O6. The lowest BCUT2D eigenvalue weighted by molar-refractivity contribution is -0.149. The summed E-state index contributed by atoms with van der Waals surface area (Å²) in [6.45, 7) is 13.5. The third-order valence-electron chi connectivity index (χ3n) is 7.27. The third kappa shape index (κ3) is 11.0. The van der Waals surface area contributed by atoms with E-state index in [1.807, 2.05) is 41.5 Å². The second-order valence-electron chi connectivity index (χ2n) is 10.9. The maximum atomic E-state index is 13.7. The number of hydrogen-bond acceptors (Lipinski definition) is 5. The average Bonchev–Trinajstić information content (AvgIpc) is 2.82. The molecule has 3 amide bonds. The number of carbonyl (C=O) groups is 4. The fourth-order valence-corrected chi connectivity index (χ4v) is 4.83. The van der Waals surface area contributed by atoms with Gasteiger partial charge in [0, 0.05) is 27.6 Å². The number of amides is 3. The molecule has 0 spiro atoms. The highest BCUT2D eigenvalue weighted by Gasteiger charge is 2.39. The van der Waals surface area contributed by atoms with Crippen molar-refractivity contribution in [3.05, 3.63) is 0 Å². The first kappa shape index (κ1) is 34.8. The van der Waals surface area contributed by atoms with Crippen LogP contribution in [0, 0.1) is 17.8 Å². The monoisotopic (exact) mass is 527 g/mol. The predicted octanol–water partition coefficient (Wildman–Crippen LogP) is 3.94. The third-order valence-corrected chi connectivity index (χ3v) is 7.27. The van der Waals surface area contributed by atoms with Gasteiger partial charge in [0.2, 0.25) is 17.7 Å². The molecule has 0 unspecified atom stereocenters. The Morgan fingerprint density at radius 1 is 0.892 bits per heavy atom. The predicted molar refractivity (Wildman–Crippen MR) is 146 cm³/mol. The lowest BCUT2D eigenvalue weighted by Crippen LogP contribution is -2.60. The molecule has 0 saturated heterocycles. The zero-order valence-electron chi connectivity index (χ0n) is 24.9. The van der Waals surface area contributed by atoms with Gasteiger partial charge in [0.05, 0.1) is 18.6 Å². The van der Waals surface area contributed by atoms with Crippen molar-refractivity contribution in [2.24, 2.45) is 17.8 Å². The standard InChI is InChI=1S/C28H53N3O6/c1-11-13-14-15-16-22(32)30(8)25(19(5)6)27(35)29-24(18(3)4)28(36)31(9)26(20(7)12-2)21(37-10)17-23(33)34/h18-21,24-26H,11-17H2,1-10H3,(H,29,35)(H,33,34)/t20-,21+,24-,25-,26-/m0/s1. The number of nitrogens with zero attached hydrogens (tertiary/aromatic N) is 2. The van der Waals surface area contributed by atoms with E-state index in [1.54, 1.807) is 14.1 Å². The number of carboxylic acid groups (broad SMARTS) is 1. The highest BCUT2D eigenvalue weighted by atomic mass is 16.5. The van der Waals surface area contributed by atoms with Gasteiger partial charge in [-0.15, -0.1) is 0 Å². The van der Waals surface area contributed by atoms with E-state index in [9.17, 15) is 24.3 Å². The van der Waals surface area contributed by atoms with Crippen molar-refractivity contribution >= 4 is 23.7 Å². The van der Waals surface area contributed by atoms with Crippen LogP contribution < -0.4 is 5.32 Å². The van der Waals surface area contributed by atoms with E-state index >= 15 is 0 Å². The van der Waals surface area contributed by atoms with Crippen molar-refractivity contribution in [3.8, 4) is 0 Å². The molecule has 9 nitrogen and oxygen atoms in total. The smallest absolute Gasteiger partial charge is 0.306 e. The molecule has 0 aliphatic rings. The molecule has 2 N–H and O–H groups in total. The maximum Gasteiger partial charge on any atom is 0.306 e. The van der Waals surface area contributed by atoms with E-state index in [-0.39, 0.29) is 41.9 Å². The topological polar surface area (TPSA) is 116 Å². The highest BCUT2D eigenvalue weighted by molar-refractivity contribution is 5.92. The largest absolute Gasteiger partial charge is 0.481 e. The number of rotatable bonds is 18. The molecule has 0 aliphatic heterocycles. The Hall–Kier alpha value is -2.16. The van der Waals surface area contributed by atoms with Gasteiger partial charge >= 0.3 is 5.97 Å². The summed E-state index contributed by atoms with van der Waals surface area (Å²) in [4.78, 5) is 54.5. The van der Waals surface area contributed by atoms with Gasteiger partial charge in [-0.2, -0.15) is 0 Å². The highest BCUT2D eigenvalue weighted by Crippen LogP contribution is 2.23. The molecule has 0 heterocycles. The number of carbonyl (C=O) groups excluding carboxylic acids is 3. The summed E-state index contributed by atoms with van der Waals surface area (Å²) >= 11 is 0. The van der Waals surface area contributed by atoms with E-state index in [2.05, 4.69) is 12.2 Å². The Balaban J connectivity index is 5.83. The first-order chi connectivity index (χ1) is 17.2. The van der Waals surface area contributed by atoms with Crippen molar-refractivity contribution in [3.63, 3.8) is 0 Å². The van der Waals surface area contributed by atoms with Crippen LogP contribution in [0.3, 0.4) is 0 Å². The summed E-state index contributed by atoms with van der Waals surface area (Å²) in [7, 11) is 4.74. The number of likely N-dealkylation sites (N-methyl/N-ethyl adjacent to an activating group) is 2. The number of nitrogens with one attached hydrogen (secondary N) is 1. The molecule has 0 aromatic rings. The van der Waals surface area contributed by atoms with Crippen molar-refractivity contribution in [2.75, 3.05) is 21.2 Å². The number of hydrogen-bond donors (Lipinski definition) is 2. The number of unbranched alkanes of at least 4 members (excludes halogenated alkanes) is 3. The zero-order valence-corrected chi connectivity index (χ0v) is 24.9. The summed E-state index contributed by atoms with van der Waals surface area (Å²) in [6, 6.07) is -2.02. The van der Waals surface area contributed by atoms with Crippen LogP contribution in [-0.4, -0.2) is 84.0 Å². The van der Waals surface area contributed by atoms with Crippen LogP contribution in [0.25, 0.3) is 0 Å². The van der Waals surface area contributed by atoms with Crippen molar-refractivity contribution < 1.29 is 29.0 Å². The normalized spacial score (nSPS) is 15.6. The maximum absolute atomic E-state index is 13.7. The van der Waals surface area contributed by atoms with Gasteiger partial charge in [-0.25, -0.2) is 0 Å². The Morgan fingerprint density at radius 3 is 1.92 bits per heavy atom. The van der Waals surface area contributed by atoms with Gasteiger partial charge in [-0.1, -0.05) is 74.1 Å². The summed E-state index contributed by atoms with van der Waals surface area (Å²) < 4.78 is 5.51. The first-order valence-corrected chi connectivity index (χ1v) is 13.8. The van der Waals surface area contributed by atoms with Crippen LogP contribution >= 0.6 is 0 Å². The van der Waals surface area contributed by atoms with E-state index in [4.69, 9.17) is 4.74 Å². The molecule has 0 aromatic heterocycles. The Kier molecular flexibility index (Phi) is 16.4. The second-order valence-corrected chi connectivity index (χ2v) is 10.9. The zero-order chi connectivity index (χ0) is 28.9. The van der Waals surface area contributed by atoms with Crippen molar-refractivity contribution in [2.45, 2.75) is 118 Å². The number of methoxy groups -OCH3 is 1. The minimum atomic E-state index is -1.00. The molecule has 0 radical (unpaired) electrons. The molecule has 37 heavy (non-hydrogen) atoms. The summed E-state index contributed by atoms with van der Waals surface area (Å²) in [5.41, 5.74) is 0. The van der Waals surface area contributed by atoms with E-state index in [1.165, 1.54) is 16.9 Å². The Morgan fingerprint density at radius 2 is 1.49 bits per heavy atom. The van der Waals surface area contributed by atoms with Crippen molar-refractivity contribution in [1.82, 2.24) is 15.1 Å². The molecule has 0 aliphatic carbocycles. The number of carboxylic acids is 1. The fraction of sp³-hybridized carbons (Fsp3) is 0.857. The van der Waals surface area contributed by atoms with E-state index < -0.39 is 30.2 Å². The Bertz CT molecular complexity index is 727. The van der Waals surface area contributed by atoms with Gasteiger partial charge < -0.3 is 25.0 Å². The van der Waals surface area contributed by atoms with Crippen molar-refractivity contribution in [1.29, 1.82) is 0 Å². The van der Waals surface area contributed by atoms with Gasteiger partial charge in [-0.3, -0.25) is 19.2 Å². The fourth-order valence-electron chi connectivity index (χ4n) is 4.83. The van der Waals surface area contributed by atoms with Crippen LogP contribution in [0.1, 0.15) is 93.4 Å². The number of ether oxygens (including phenoxy) is 1. The lowest BCUT2D eigenvalue weighted by Gasteiger charge is -2.40. The number of aliphatic carboxylic acids is 1. The summed E-state index contributed by atoms with van der Waals surface area (Å²) in [5, 5.41) is 12.3. The van der Waals surface area contributed by atoms with Crippen LogP contribution in [0.4, 0.5) is 0 Å². The van der Waals surface area contributed by atoms with Gasteiger partial charge in [0.25, 0.3) is 0 Å². The minimum Gasteiger partial charge on any atom is -0.481 e. The Labute approximate surface area is 224 Å².